The first-order valence-electron chi connectivity index (χ1n) is 5.30. The Morgan fingerprint density at radius 1 is 1.56 bits per heavy atom. The van der Waals surface area contributed by atoms with Crippen LogP contribution in [0.5, 0.6) is 0 Å². The average Bonchev–Trinajstić information content (AvgIpc) is 2.71. The molecule has 7 heteroatoms. The van der Waals surface area contributed by atoms with Crippen LogP contribution >= 0.6 is 0 Å². The Hall–Kier alpha value is -1.93. The summed E-state index contributed by atoms with van der Waals surface area (Å²) in [4.78, 5) is 13.7. The molecule has 0 bridgehead atoms. The van der Waals surface area contributed by atoms with Crippen LogP contribution in [0.4, 0.5) is 5.69 Å². The summed E-state index contributed by atoms with van der Waals surface area (Å²) in [7, 11) is 0. The summed E-state index contributed by atoms with van der Waals surface area (Å²) in [6, 6.07) is 3.65. The Morgan fingerprint density at radius 3 is 2.89 bits per heavy atom. The molecule has 2 rings (SSSR count). The molecule has 2 aromatic rings. The third-order valence-corrected chi connectivity index (χ3v) is 2.77. The second kappa shape index (κ2) is 4.75. The molecule has 6 N–H and O–H groups in total. The SMILES string of the molecule is NC(Cc1c[nH]c2ccc([NH+]([O-])O)cc12)C(=O)O. The molecule has 2 atom stereocenters. The maximum atomic E-state index is 10.9. The van der Waals surface area contributed by atoms with Crippen molar-refractivity contribution in [3.8, 4) is 0 Å². The van der Waals surface area contributed by atoms with Crippen molar-refractivity contribution in [3.05, 3.63) is 35.2 Å². The number of hydrogen-bond acceptors (Lipinski definition) is 4. The van der Waals surface area contributed by atoms with Crippen LogP contribution in [0.15, 0.2) is 24.4 Å². The number of carbonyl (C=O) groups is 1. The van der Waals surface area contributed by atoms with Crippen molar-refractivity contribution in [2.45, 2.75) is 12.5 Å². The molecule has 2 unspecified atom stereocenters. The number of H-pyrrole nitrogens is 1. The molecule has 0 radical (unpaired) electrons. The van der Waals surface area contributed by atoms with Crippen LogP contribution in [-0.2, 0) is 11.2 Å². The zero-order chi connectivity index (χ0) is 13.3. The normalized spacial score (nSPS) is 14.6. The largest absolute Gasteiger partial charge is 0.595 e. The van der Waals surface area contributed by atoms with Gasteiger partial charge in [0, 0.05) is 35.7 Å². The van der Waals surface area contributed by atoms with Crippen molar-refractivity contribution in [2.24, 2.45) is 5.73 Å². The molecular formula is C11H13N3O4. The first-order valence-corrected chi connectivity index (χ1v) is 5.30. The van der Waals surface area contributed by atoms with Gasteiger partial charge in [0.15, 0.2) is 5.69 Å². The van der Waals surface area contributed by atoms with E-state index < -0.39 is 17.2 Å². The molecule has 96 valence electrons. The maximum Gasteiger partial charge on any atom is 0.320 e. The van der Waals surface area contributed by atoms with Gasteiger partial charge in [0.05, 0.1) is 0 Å². The van der Waals surface area contributed by atoms with Gasteiger partial charge in [-0.3, -0.25) is 4.79 Å². The van der Waals surface area contributed by atoms with Crippen LogP contribution in [0.25, 0.3) is 10.9 Å². The summed E-state index contributed by atoms with van der Waals surface area (Å²) in [5.41, 5.74) is 7.08. The van der Waals surface area contributed by atoms with E-state index >= 15 is 0 Å². The van der Waals surface area contributed by atoms with Gasteiger partial charge in [0.1, 0.15) is 6.04 Å². The van der Waals surface area contributed by atoms with Crippen LogP contribution in [0.2, 0.25) is 0 Å². The minimum absolute atomic E-state index is 0.151. The highest BCUT2D eigenvalue weighted by molar-refractivity contribution is 5.86. The number of rotatable bonds is 4. The van der Waals surface area contributed by atoms with E-state index in [4.69, 9.17) is 16.0 Å². The van der Waals surface area contributed by atoms with Crippen LogP contribution in [0, 0.1) is 5.21 Å². The second-order valence-electron chi connectivity index (χ2n) is 4.03. The number of nitrogens with one attached hydrogen (secondary N) is 2. The number of carboxylic acids is 1. The van der Waals surface area contributed by atoms with Gasteiger partial charge in [0.2, 0.25) is 0 Å². The molecular weight excluding hydrogens is 238 g/mol. The zero-order valence-electron chi connectivity index (χ0n) is 9.38. The fourth-order valence-electron chi connectivity index (χ4n) is 1.80. The molecule has 1 heterocycles. The highest BCUT2D eigenvalue weighted by Gasteiger charge is 2.15. The Morgan fingerprint density at radius 2 is 2.28 bits per heavy atom. The summed E-state index contributed by atoms with van der Waals surface area (Å²) in [6.45, 7) is 0. The lowest BCUT2D eigenvalue weighted by atomic mass is 10.1. The first-order chi connectivity index (χ1) is 8.49. The van der Waals surface area contributed by atoms with Gasteiger partial charge < -0.3 is 21.0 Å². The molecule has 0 spiro atoms. The van der Waals surface area contributed by atoms with Gasteiger partial charge in [-0.05, 0) is 11.6 Å². The monoisotopic (exact) mass is 251 g/mol. The Balaban J connectivity index is 2.39. The van der Waals surface area contributed by atoms with Crippen molar-refractivity contribution in [3.63, 3.8) is 0 Å². The lowest BCUT2D eigenvalue weighted by Crippen LogP contribution is -2.99. The minimum Gasteiger partial charge on any atom is -0.595 e. The molecule has 18 heavy (non-hydrogen) atoms. The van der Waals surface area contributed by atoms with E-state index in [0.717, 1.165) is 5.52 Å². The van der Waals surface area contributed by atoms with E-state index in [1.54, 1.807) is 12.3 Å². The van der Waals surface area contributed by atoms with Crippen molar-refractivity contribution in [2.75, 3.05) is 0 Å². The zero-order valence-corrected chi connectivity index (χ0v) is 9.38. The Labute approximate surface area is 102 Å². The van der Waals surface area contributed by atoms with E-state index in [1.807, 2.05) is 0 Å². The highest BCUT2D eigenvalue weighted by atomic mass is 16.8. The third-order valence-electron chi connectivity index (χ3n) is 2.77. The fourth-order valence-corrected chi connectivity index (χ4v) is 1.80. The number of quaternary nitrogens is 1. The van der Waals surface area contributed by atoms with E-state index in [2.05, 4.69) is 4.98 Å². The van der Waals surface area contributed by atoms with Gasteiger partial charge in [-0.1, -0.05) is 0 Å². The van der Waals surface area contributed by atoms with Gasteiger partial charge >= 0.3 is 5.97 Å². The number of hydrogen-bond donors (Lipinski definition) is 5. The topological polar surface area (TPSA) is 127 Å². The summed E-state index contributed by atoms with van der Waals surface area (Å²) < 4.78 is 0. The van der Waals surface area contributed by atoms with E-state index in [-0.39, 0.29) is 12.1 Å². The van der Waals surface area contributed by atoms with Crippen molar-refractivity contribution in [1.82, 2.24) is 4.98 Å². The van der Waals surface area contributed by atoms with Crippen LogP contribution in [0.1, 0.15) is 5.56 Å². The van der Waals surface area contributed by atoms with Gasteiger partial charge in [-0.2, -0.15) is 5.23 Å². The number of fused-ring (bicyclic) bond motifs is 1. The Bertz CT molecular complexity index is 579. The lowest BCUT2D eigenvalue weighted by Gasteiger charge is -2.11. The summed E-state index contributed by atoms with van der Waals surface area (Å²) in [5.74, 6) is -1.08. The fraction of sp³-hybridized carbons (Fsp3) is 0.182. The number of aromatic nitrogens is 1. The number of aromatic amines is 1. The van der Waals surface area contributed by atoms with E-state index in [0.29, 0.717) is 10.9 Å². The molecule has 7 nitrogen and oxygen atoms in total. The molecule has 1 aromatic carbocycles. The number of benzene rings is 1. The molecule has 0 aliphatic rings. The predicted molar refractivity (Wildman–Crippen MR) is 63.4 cm³/mol. The first kappa shape index (κ1) is 12.5. The molecule has 0 amide bonds. The minimum atomic E-state index is -1.08. The molecule has 1 aromatic heterocycles. The molecule has 0 saturated carbocycles. The van der Waals surface area contributed by atoms with Crippen LogP contribution < -0.4 is 11.0 Å². The van der Waals surface area contributed by atoms with Crippen LogP contribution in [0.3, 0.4) is 0 Å². The third kappa shape index (κ3) is 2.34. The summed E-state index contributed by atoms with van der Waals surface area (Å²) in [5, 5.41) is 28.2. The molecule has 0 saturated heterocycles. The van der Waals surface area contributed by atoms with Crippen molar-refractivity contribution in [1.29, 1.82) is 0 Å². The van der Waals surface area contributed by atoms with Crippen molar-refractivity contribution >= 4 is 22.6 Å². The van der Waals surface area contributed by atoms with Gasteiger partial charge in [0.25, 0.3) is 0 Å². The van der Waals surface area contributed by atoms with Gasteiger partial charge in [-0.15, -0.1) is 0 Å². The van der Waals surface area contributed by atoms with E-state index in [1.165, 1.54) is 12.1 Å². The highest BCUT2D eigenvalue weighted by Crippen LogP contribution is 2.21. The van der Waals surface area contributed by atoms with E-state index in [9.17, 15) is 10.0 Å². The molecule has 0 aliphatic carbocycles. The lowest BCUT2D eigenvalue weighted by molar-refractivity contribution is -0.991. The summed E-state index contributed by atoms with van der Waals surface area (Å²) in [6.07, 6.45) is 1.80. The Kier molecular flexibility index (Phi) is 3.30. The quantitative estimate of drug-likeness (QED) is 0.469. The summed E-state index contributed by atoms with van der Waals surface area (Å²) >= 11 is 0. The number of nitrogens with two attached hydrogens (primary N) is 1. The van der Waals surface area contributed by atoms with Crippen LogP contribution in [-0.4, -0.2) is 27.3 Å². The molecule has 0 aliphatic heterocycles. The average molecular weight is 251 g/mol. The number of carboxylic acid groups (broad SMARTS) is 1. The second-order valence-corrected chi connectivity index (χ2v) is 4.03. The smallest absolute Gasteiger partial charge is 0.320 e. The maximum absolute atomic E-state index is 10.9. The standard InChI is InChI=1S/C11H13N3O4/c12-9(11(15)16)3-6-5-13-10-2-1-7(14(17)18)4-8(6)10/h1-2,4-5,9,13-14,17H,3,12H2,(H,15,16). The number of aliphatic carboxylic acids is 1. The van der Waals surface area contributed by atoms with Gasteiger partial charge in [-0.25, -0.2) is 5.21 Å². The molecule has 0 fully saturated rings. The predicted octanol–water partition coefficient (Wildman–Crippen LogP) is -0.474. The van der Waals surface area contributed by atoms with Crippen molar-refractivity contribution < 1.29 is 20.3 Å².